The van der Waals surface area contributed by atoms with Crippen LogP contribution in [-0.2, 0) is 4.79 Å². The molecule has 0 saturated carbocycles. The van der Waals surface area contributed by atoms with Crippen LogP contribution < -0.4 is 0 Å². The highest BCUT2D eigenvalue weighted by atomic mass is 19.4. The maximum absolute atomic E-state index is 13.2. The molecule has 0 aromatic heterocycles. The summed E-state index contributed by atoms with van der Waals surface area (Å²) in [6, 6.07) is 16.7. The summed E-state index contributed by atoms with van der Waals surface area (Å²) < 4.78 is 39.4. The summed E-state index contributed by atoms with van der Waals surface area (Å²) in [6.07, 6.45) is -5.62. The number of carbonyl (C=O) groups is 2. The van der Waals surface area contributed by atoms with E-state index in [4.69, 9.17) is 5.11 Å². The van der Waals surface area contributed by atoms with Crippen LogP contribution in [-0.4, -0.2) is 45.2 Å². The van der Waals surface area contributed by atoms with Gasteiger partial charge in [-0.25, -0.2) is 0 Å². The fraction of sp³-hybridized carbons (Fsp3) is 0.357. The lowest BCUT2D eigenvalue weighted by Crippen LogP contribution is -2.46. The van der Waals surface area contributed by atoms with Gasteiger partial charge in [-0.05, 0) is 73.4 Å². The van der Waals surface area contributed by atoms with Gasteiger partial charge in [-0.1, -0.05) is 36.4 Å². The van der Waals surface area contributed by atoms with Gasteiger partial charge < -0.3 is 15.1 Å². The molecule has 36 heavy (non-hydrogen) atoms. The topological polar surface area (TPSA) is 77.8 Å². The van der Waals surface area contributed by atoms with E-state index in [1.165, 1.54) is 11.0 Å². The number of carboxylic acid groups (broad SMARTS) is 1. The number of hydrogen-bond acceptors (Lipinski definition) is 3. The van der Waals surface area contributed by atoms with Crippen molar-refractivity contribution in [3.63, 3.8) is 0 Å². The first-order valence-corrected chi connectivity index (χ1v) is 11.7. The Hall–Kier alpha value is -3.55. The normalized spacial score (nSPS) is 12.9. The minimum atomic E-state index is -4.31. The molecule has 0 heterocycles. The summed E-state index contributed by atoms with van der Waals surface area (Å²) in [5.41, 5.74) is 1.07. The van der Waals surface area contributed by atoms with Crippen LogP contribution in [0.25, 0.3) is 10.8 Å². The first-order chi connectivity index (χ1) is 16.7. The van der Waals surface area contributed by atoms with Crippen LogP contribution in [0.5, 0.6) is 5.75 Å². The molecule has 0 radical (unpaired) electrons. The summed E-state index contributed by atoms with van der Waals surface area (Å²) in [5.74, 6) is -1.80. The number of halogens is 3. The third-order valence-corrected chi connectivity index (χ3v) is 6.13. The summed E-state index contributed by atoms with van der Waals surface area (Å²) in [7, 11) is 0. The third-order valence-electron chi connectivity index (χ3n) is 6.13. The van der Waals surface area contributed by atoms with Crippen molar-refractivity contribution in [1.29, 1.82) is 0 Å². The zero-order valence-corrected chi connectivity index (χ0v) is 20.5. The Morgan fingerprint density at radius 3 is 2.06 bits per heavy atom. The Morgan fingerprint density at radius 1 is 0.889 bits per heavy atom. The fourth-order valence-electron chi connectivity index (χ4n) is 4.27. The van der Waals surface area contributed by atoms with E-state index < -0.39 is 30.0 Å². The van der Waals surface area contributed by atoms with Gasteiger partial charge in [0.15, 0.2) is 0 Å². The number of alkyl halides is 3. The molecule has 2 N–H and O–H groups in total. The highest BCUT2D eigenvalue weighted by molar-refractivity contribution is 5.95. The molecule has 1 atom stereocenters. The Kier molecular flexibility index (Phi) is 7.96. The second-order valence-electron chi connectivity index (χ2n) is 9.89. The van der Waals surface area contributed by atoms with E-state index >= 15 is 0 Å². The minimum Gasteiger partial charge on any atom is -0.508 e. The van der Waals surface area contributed by atoms with Crippen molar-refractivity contribution in [2.45, 2.75) is 57.7 Å². The number of fused-ring (bicyclic) bond motifs is 1. The number of hydrogen-bond donors (Lipinski definition) is 2. The molecule has 0 spiro atoms. The average molecular weight is 502 g/mol. The van der Waals surface area contributed by atoms with E-state index in [9.17, 15) is 27.9 Å². The molecule has 0 fully saturated rings. The molecule has 8 heteroatoms. The zero-order chi connectivity index (χ0) is 26.7. The number of amides is 1. The van der Waals surface area contributed by atoms with Gasteiger partial charge >= 0.3 is 12.1 Å². The molecule has 1 amide bonds. The number of phenols is 1. The van der Waals surface area contributed by atoms with Gasteiger partial charge in [0, 0.05) is 30.0 Å². The van der Waals surface area contributed by atoms with Crippen LogP contribution in [0, 0.1) is 0 Å². The summed E-state index contributed by atoms with van der Waals surface area (Å²) in [5, 5.41) is 20.3. The monoisotopic (exact) mass is 501 g/mol. The maximum atomic E-state index is 13.2. The lowest BCUT2D eigenvalue weighted by Gasteiger charge is -2.35. The van der Waals surface area contributed by atoms with Gasteiger partial charge in [0.1, 0.15) is 5.75 Å². The molecule has 0 saturated heterocycles. The van der Waals surface area contributed by atoms with Gasteiger partial charge in [-0.2, -0.15) is 13.2 Å². The molecule has 0 aliphatic rings. The zero-order valence-electron chi connectivity index (χ0n) is 20.5. The van der Waals surface area contributed by atoms with Crippen LogP contribution in [0.3, 0.4) is 0 Å². The summed E-state index contributed by atoms with van der Waals surface area (Å²) >= 11 is 0. The van der Waals surface area contributed by atoms with Crippen LogP contribution in [0.4, 0.5) is 13.2 Å². The van der Waals surface area contributed by atoms with Gasteiger partial charge in [0.05, 0.1) is 6.42 Å². The Bertz CT molecular complexity index is 1230. The average Bonchev–Trinajstić information content (AvgIpc) is 2.77. The number of aliphatic carboxylic acids is 1. The predicted octanol–water partition coefficient (Wildman–Crippen LogP) is 6.74. The lowest BCUT2D eigenvalue weighted by molar-refractivity contribution is -0.137. The van der Waals surface area contributed by atoms with Gasteiger partial charge in [0.2, 0.25) is 0 Å². The second kappa shape index (κ2) is 10.6. The molecular weight excluding hydrogens is 471 g/mol. The number of carboxylic acids is 1. The van der Waals surface area contributed by atoms with Crippen LogP contribution in [0.1, 0.15) is 67.4 Å². The van der Waals surface area contributed by atoms with Crippen LogP contribution in [0.2, 0.25) is 0 Å². The SMILES string of the molecule is CC(C)(C)N(CCC(=O)O)C(=O)c1ccc([C@H](CCC(F)(F)F)c2ccc3cc(O)ccc3c2)cc1. The molecule has 0 aliphatic heterocycles. The van der Waals surface area contributed by atoms with Gasteiger partial charge in [-0.3, -0.25) is 9.59 Å². The number of benzene rings is 3. The van der Waals surface area contributed by atoms with Gasteiger partial charge in [-0.15, -0.1) is 0 Å². The van der Waals surface area contributed by atoms with Crippen molar-refractivity contribution in [2.75, 3.05) is 6.54 Å². The maximum Gasteiger partial charge on any atom is 0.389 e. The van der Waals surface area contributed by atoms with E-state index in [-0.39, 0.29) is 31.0 Å². The van der Waals surface area contributed by atoms with Crippen molar-refractivity contribution >= 4 is 22.6 Å². The summed E-state index contributed by atoms with van der Waals surface area (Å²) in [4.78, 5) is 25.7. The van der Waals surface area contributed by atoms with E-state index in [0.717, 1.165) is 10.8 Å². The molecule has 0 aliphatic carbocycles. The predicted molar refractivity (Wildman–Crippen MR) is 132 cm³/mol. The molecule has 192 valence electrons. The molecule has 3 aromatic carbocycles. The van der Waals surface area contributed by atoms with E-state index in [2.05, 4.69) is 0 Å². The largest absolute Gasteiger partial charge is 0.508 e. The highest BCUT2D eigenvalue weighted by Gasteiger charge is 2.30. The first-order valence-electron chi connectivity index (χ1n) is 11.7. The molecule has 5 nitrogen and oxygen atoms in total. The number of carbonyl (C=O) groups excluding carboxylic acids is 1. The van der Waals surface area contributed by atoms with Crippen molar-refractivity contribution in [3.05, 3.63) is 77.4 Å². The molecule has 0 unspecified atom stereocenters. The lowest BCUT2D eigenvalue weighted by atomic mass is 9.86. The summed E-state index contributed by atoms with van der Waals surface area (Å²) in [6.45, 7) is 5.48. The molecule has 3 rings (SSSR count). The highest BCUT2D eigenvalue weighted by Crippen LogP contribution is 2.36. The third kappa shape index (κ3) is 6.99. The van der Waals surface area contributed by atoms with E-state index in [1.807, 2.05) is 26.8 Å². The first kappa shape index (κ1) is 27.0. The van der Waals surface area contributed by atoms with Crippen molar-refractivity contribution < 1.29 is 33.0 Å². The Labute approximate surface area is 208 Å². The number of phenolic OH excluding ortho intramolecular Hbond substituents is 1. The van der Waals surface area contributed by atoms with Crippen molar-refractivity contribution in [1.82, 2.24) is 4.90 Å². The number of aromatic hydroxyl groups is 1. The van der Waals surface area contributed by atoms with Gasteiger partial charge in [0.25, 0.3) is 5.91 Å². The Balaban J connectivity index is 1.93. The fourth-order valence-corrected chi connectivity index (χ4v) is 4.27. The second-order valence-corrected chi connectivity index (χ2v) is 9.89. The standard InChI is InChI=1S/C28H30F3NO4/c1-27(2,3)32(15-13-25(34)35)26(36)19-6-4-18(5-7-19)24(12-14-28(29,30)31)22-9-8-21-17-23(33)11-10-20(21)16-22/h4-11,16-17,24,33H,12-15H2,1-3H3,(H,34,35)/t24-/m0/s1. The molecular formula is C28H30F3NO4. The van der Waals surface area contributed by atoms with E-state index in [1.54, 1.807) is 48.5 Å². The number of nitrogens with zero attached hydrogens (tertiary/aromatic N) is 1. The molecule has 3 aromatic rings. The quantitative estimate of drug-likeness (QED) is 0.359. The van der Waals surface area contributed by atoms with Crippen LogP contribution >= 0.6 is 0 Å². The Morgan fingerprint density at radius 2 is 1.47 bits per heavy atom. The van der Waals surface area contributed by atoms with Crippen LogP contribution in [0.15, 0.2) is 60.7 Å². The van der Waals surface area contributed by atoms with Crippen molar-refractivity contribution in [3.8, 4) is 5.75 Å². The number of rotatable bonds is 8. The van der Waals surface area contributed by atoms with Crippen molar-refractivity contribution in [2.24, 2.45) is 0 Å². The molecule has 0 bridgehead atoms. The smallest absolute Gasteiger partial charge is 0.389 e. The minimum absolute atomic E-state index is 0.0419. The van der Waals surface area contributed by atoms with E-state index in [0.29, 0.717) is 16.7 Å².